The van der Waals surface area contributed by atoms with E-state index in [2.05, 4.69) is 32.7 Å². The second-order valence-electron chi connectivity index (χ2n) is 16.0. The first-order chi connectivity index (χ1) is 26.5. The van der Waals surface area contributed by atoms with E-state index in [1.807, 2.05) is 91.8 Å². The van der Waals surface area contributed by atoms with E-state index in [1.54, 1.807) is 16.7 Å². The van der Waals surface area contributed by atoms with E-state index in [-0.39, 0.29) is 36.4 Å². The van der Waals surface area contributed by atoms with E-state index in [0.717, 1.165) is 54.1 Å². The van der Waals surface area contributed by atoms with Gasteiger partial charge in [-0.15, -0.1) is 5.10 Å². The Hall–Kier alpha value is -4.60. The number of methoxy groups -OCH3 is 1. The predicted molar refractivity (Wildman–Crippen MR) is 211 cm³/mol. The molecule has 4 aliphatic heterocycles. The summed E-state index contributed by atoms with van der Waals surface area (Å²) in [6.07, 6.45) is 3.78. The van der Waals surface area contributed by atoms with Gasteiger partial charge in [0.2, 0.25) is 0 Å². The van der Waals surface area contributed by atoms with Gasteiger partial charge in [-0.1, -0.05) is 42.5 Å². The smallest absolute Gasteiger partial charge is 0.264 e. The molecule has 0 bridgehead atoms. The summed E-state index contributed by atoms with van der Waals surface area (Å²) in [5.41, 5.74) is 2.67. The number of fused-ring (bicyclic) bond motifs is 2. The highest BCUT2D eigenvalue weighted by atomic mass is 28.4. The van der Waals surface area contributed by atoms with Crippen LogP contribution in [0.5, 0.6) is 5.75 Å². The fourth-order valence-corrected chi connectivity index (χ4v) is 12.3. The maximum Gasteiger partial charge on any atom is 0.264 e. The van der Waals surface area contributed by atoms with Gasteiger partial charge in [0.15, 0.2) is 13.9 Å². The molecule has 3 N–H and O–H groups in total. The molecule has 13 nitrogen and oxygen atoms in total. The Morgan fingerprint density at radius 2 is 1.76 bits per heavy atom. The van der Waals surface area contributed by atoms with Gasteiger partial charge in [0.05, 0.1) is 37.8 Å². The highest BCUT2D eigenvalue weighted by molar-refractivity contribution is 6.71. The van der Waals surface area contributed by atoms with E-state index >= 15 is 4.79 Å². The number of anilines is 3. The van der Waals surface area contributed by atoms with Crippen molar-refractivity contribution in [1.82, 2.24) is 20.3 Å². The van der Waals surface area contributed by atoms with Crippen LogP contribution in [0.3, 0.4) is 0 Å². The average Bonchev–Trinajstić information content (AvgIpc) is 3.90. The van der Waals surface area contributed by atoms with Gasteiger partial charge >= 0.3 is 0 Å². The van der Waals surface area contributed by atoms with Crippen molar-refractivity contribution >= 4 is 37.2 Å². The van der Waals surface area contributed by atoms with Crippen molar-refractivity contribution in [3.05, 3.63) is 95.8 Å². The maximum absolute atomic E-state index is 15.1. The molecule has 3 aromatic carbocycles. The van der Waals surface area contributed by atoms with Gasteiger partial charge in [0.1, 0.15) is 11.3 Å². The van der Waals surface area contributed by atoms with Gasteiger partial charge < -0.3 is 34.5 Å². The van der Waals surface area contributed by atoms with E-state index in [9.17, 15) is 14.7 Å². The number of nitrogens with zero attached hydrogens (tertiary/aromatic N) is 6. The maximum atomic E-state index is 15.1. The van der Waals surface area contributed by atoms with E-state index in [1.165, 1.54) is 0 Å². The number of aliphatic hydroxyl groups is 1. The summed E-state index contributed by atoms with van der Waals surface area (Å²) in [5, 5.41) is 21.2. The Balaban J connectivity index is 1.10. The minimum Gasteiger partial charge on any atom is -0.497 e. The van der Waals surface area contributed by atoms with Crippen LogP contribution in [-0.4, -0.2) is 90.1 Å². The average molecular weight is 766 g/mol. The molecule has 2 spiro atoms. The molecule has 3 fully saturated rings. The molecule has 0 saturated carbocycles. The van der Waals surface area contributed by atoms with Crippen molar-refractivity contribution in [3.8, 4) is 5.75 Å². The molecule has 8 rings (SSSR count). The number of piperidine rings is 1. The molecule has 55 heavy (non-hydrogen) atoms. The largest absolute Gasteiger partial charge is 0.497 e. The molecule has 1 aromatic heterocycles. The highest BCUT2D eigenvalue weighted by Crippen LogP contribution is 2.60. The summed E-state index contributed by atoms with van der Waals surface area (Å²) in [5.74, 6) is 0.200. The molecule has 4 aliphatic rings. The van der Waals surface area contributed by atoms with Crippen LogP contribution in [0.2, 0.25) is 18.6 Å². The van der Waals surface area contributed by atoms with E-state index < -0.39 is 25.6 Å². The quantitative estimate of drug-likeness (QED) is 0.190. The third kappa shape index (κ3) is 6.33. The number of aryl methyl sites for hydroxylation is 1. The number of nitrogens with one attached hydrogen (secondary N) is 1. The zero-order valence-corrected chi connectivity index (χ0v) is 33.0. The van der Waals surface area contributed by atoms with Gasteiger partial charge in [0, 0.05) is 54.2 Å². The molecule has 0 aliphatic carbocycles. The Morgan fingerprint density at radius 1 is 1.00 bits per heavy atom. The number of ether oxygens (including phenoxy) is 2. The minimum atomic E-state index is -2.89. The predicted octanol–water partition coefficient (Wildman–Crippen LogP) is 4.19. The number of rotatable bonds is 11. The van der Waals surface area contributed by atoms with Gasteiger partial charge in [-0.25, -0.2) is 0 Å². The number of aliphatic hydroxyl groups excluding tert-OH is 1. The molecular weight excluding hydrogens is 715 g/mol. The van der Waals surface area contributed by atoms with Crippen molar-refractivity contribution in [2.24, 2.45) is 5.92 Å². The van der Waals surface area contributed by atoms with Crippen molar-refractivity contribution in [3.63, 3.8) is 0 Å². The molecule has 3 saturated heterocycles. The number of aromatic nitrogens is 3. The molecule has 0 unspecified atom stereocenters. The van der Waals surface area contributed by atoms with Crippen LogP contribution >= 0.6 is 0 Å². The van der Waals surface area contributed by atoms with Gasteiger partial charge in [-0.05, 0) is 93.5 Å². The number of carbonyl (C=O) groups is 2. The lowest BCUT2D eigenvalue weighted by Gasteiger charge is -2.39. The standard InChI is InChI=1S/C41H51N7O6Si/c1-28-37(55(3,4)52)36(15-21-45-26-30(16-22-49)43-44-45)54-41(28)34-24-33(53-2)13-14-35(34)46(39(41)51)25-29-9-8-12-32(23-29)47-27-48(31-10-6-5-7-11-31)40(38(47)50)17-19-42-20-18-40/h5-14,23-24,26,28,36-37,42,49,52H,15-22,25,27H2,1-4H3/t28-,36+,37-,41+/m0/s1. The highest BCUT2D eigenvalue weighted by Gasteiger charge is 2.66. The van der Waals surface area contributed by atoms with Gasteiger partial charge in [-0.3, -0.25) is 19.2 Å². The Kier molecular flexibility index (Phi) is 9.83. The first kappa shape index (κ1) is 37.3. The molecule has 14 heteroatoms. The van der Waals surface area contributed by atoms with Gasteiger partial charge in [0.25, 0.3) is 11.8 Å². The first-order valence-corrected chi connectivity index (χ1v) is 22.4. The summed E-state index contributed by atoms with van der Waals surface area (Å²) >= 11 is 0. The second-order valence-corrected chi connectivity index (χ2v) is 19.9. The lowest BCUT2D eigenvalue weighted by molar-refractivity contribution is -0.146. The van der Waals surface area contributed by atoms with Crippen molar-refractivity contribution in [2.75, 3.05) is 48.2 Å². The number of amides is 2. The van der Waals surface area contributed by atoms with Crippen LogP contribution in [0.1, 0.15) is 43.0 Å². The Labute approximate surface area is 323 Å². The zero-order chi connectivity index (χ0) is 38.5. The molecule has 2 amide bonds. The number of hydrogen-bond acceptors (Lipinski definition) is 10. The second kappa shape index (κ2) is 14.5. The molecule has 0 radical (unpaired) electrons. The summed E-state index contributed by atoms with van der Waals surface area (Å²) in [7, 11) is -1.28. The topological polar surface area (TPSA) is 146 Å². The first-order valence-electron chi connectivity index (χ1n) is 19.3. The van der Waals surface area contributed by atoms with Crippen molar-refractivity contribution in [2.45, 2.75) is 81.6 Å². The lowest BCUT2D eigenvalue weighted by Crippen LogP contribution is -2.55. The Bertz CT molecular complexity index is 2050. The van der Waals surface area contributed by atoms with Crippen LogP contribution in [0.4, 0.5) is 17.1 Å². The van der Waals surface area contributed by atoms with Crippen LogP contribution < -0.4 is 24.8 Å². The lowest BCUT2D eigenvalue weighted by atomic mass is 9.82. The summed E-state index contributed by atoms with van der Waals surface area (Å²) in [4.78, 5) is 47.3. The van der Waals surface area contributed by atoms with E-state index in [4.69, 9.17) is 9.47 Å². The van der Waals surface area contributed by atoms with Crippen LogP contribution in [-0.2, 0) is 39.4 Å². The van der Waals surface area contributed by atoms with Crippen LogP contribution in [0.25, 0.3) is 0 Å². The number of para-hydroxylation sites is 1. The Morgan fingerprint density at radius 3 is 2.49 bits per heavy atom. The van der Waals surface area contributed by atoms with Crippen molar-refractivity contribution in [1.29, 1.82) is 0 Å². The molecule has 4 aromatic rings. The number of hydrogen-bond donors (Lipinski definition) is 3. The minimum absolute atomic E-state index is 0.00945. The summed E-state index contributed by atoms with van der Waals surface area (Å²) in [6, 6.07) is 23.8. The molecule has 4 atom stereocenters. The normalized spacial score (nSPS) is 24.8. The number of benzene rings is 3. The van der Waals surface area contributed by atoms with Gasteiger partial charge in [-0.2, -0.15) is 0 Å². The molecule has 5 heterocycles. The molecule has 290 valence electrons. The van der Waals surface area contributed by atoms with E-state index in [0.29, 0.717) is 37.5 Å². The van der Waals surface area contributed by atoms with Crippen LogP contribution in [0, 0.1) is 5.92 Å². The van der Waals surface area contributed by atoms with Crippen LogP contribution in [0.15, 0.2) is 79.0 Å². The fourth-order valence-electron chi connectivity index (χ4n) is 9.72. The monoisotopic (exact) mass is 765 g/mol. The third-order valence-electron chi connectivity index (χ3n) is 12.3. The fraction of sp³-hybridized carbons (Fsp3) is 0.463. The summed E-state index contributed by atoms with van der Waals surface area (Å²) < 4.78 is 14.5. The number of carbonyl (C=O) groups excluding carboxylic acids is 2. The zero-order valence-electron chi connectivity index (χ0n) is 32.0. The third-order valence-corrected chi connectivity index (χ3v) is 14.8. The molecular formula is C41H51N7O6Si. The summed E-state index contributed by atoms with van der Waals surface area (Å²) in [6.45, 7) is 8.59. The van der Waals surface area contributed by atoms with Crippen molar-refractivity contribution < 1.29 is 29.0 Å². The SMILES string of the molecule is COc1ccc2c(c1)[C@@]1(O[C@H](CCn3cc(CCO)nn3)[C@@H]([Si](C)(C)O)[C@@H]1C)C(=O)N2Cc1cccc(N2CN(c3ccccc3)C3(CCNCC3)C2=O)c1.